The number of rotatable bonds is 9. The molecule has 7 nitrogen and oxygen atoms in total. The van der Waals surface area contributed by atoms with Gasteiger partial charge in [-0.25, -0.2) is 0 Å². The van der Waals surface area contributed by atoms with Crippen molar-refractivity contribution in [3.8, 4) is 17.2 Å². The Kier molecular flexibility index (Phi) is 7.73. The van der Waals surface area contributed by atoms with Gasteiger partial charge >= 0.3 is 0 Å². The van der Waals surface area contributed by atoms with Crippen LogP contribution < -0.4 is 24.8 Å². The molecule has 0 bridgehead atoms. The summed E-state index contributed by atoms with van der Waals surface area (Å²) in [6.45, 7) is 2.59. The maximum atomic E-state index is 11.9. The molecule has 0 heterocycles. The molecule has 0 radical (unpaired) electrons. The molecule has 0 spiro atoms. The average molecular weight is 324 g/mol. The van der Waals surface area contributed by atoms with Gasteiger partial charge in [0.25, 0.3) is 0 Å². The molecule has 0 fully saturated rings. The van der Waals surface area contributed by atoms with Crippen molar-refractivity contribution in [1.82, 2.24) is 5.32 Å². The smallest absolute Gasteiger partial charge is 0.224 e. The first-order chi connectivity index (χ1) is 11.0. The van der Waals surface area contributed by atoms with E-state index >= 15 is 0 Å². The Morgan fingerprint density at radius 3 is 2.00 bits per heavy atom. The van der Waals surface area contributed by atoms with E-state index in [4.69, 9.17) is 14.2 Å². The molecule has 0 aliphatic carbocycles. The normalized spacial score (nSPS) is 9.91. The van der Waals surface area contributed by atoms with Gasteiger partial charge in [-0.3, -0.25) is 9.59 Å². The summed E-state index contributed by atoms with van der Waals surface area (Å²) in [4.78, 5) is 23.4. The SMILES string of the molecule is CCCNC(=O)CCC(=O)Nc1cc(OC)c(OC)c(OC)c1. The Morgan fingerprint density at radius 1 is 0.957 bits per heavy atom. The average Bonchev–Trinajstić information content (AvgIpc) is 2.56. The lowest BCUT2D eigenvalue weighted by molar-refractivity contribution is -0.124. The minimum atomic E-state index is -0.258. The zero-order valence-electron chi connectivity index (χ0n) is 14.0. The Bertz CT molecular complexity index is 520. The van der Waals surface area contributed by atoms with Crippen LogP contribution in [0.2, 0.25) is 0 Å². The molecule has 0 unspecified atom stereocenters. The summed E-state index contributed by atoms with van der Waals surface area (Å²) in [6.07, 6.45) is 1.12. The number of anilines is 1. The fourth-order valence-electron chi connectivity index (χ4n) is 1.96. The van der Waals surface area contributed by atoms with Crippen LogP contribution in [-0.4, -0.2) is 39.7 Å². The molecule has 1 aromatic carbocycles. The fraction of sp³-hybridized carbons (Fsp3) is 0.500. The molecule has 0 saturated heterocycles. The van der Waals surface area contributed by atoms with E-state index in [1.807, 2.05) is 6.92 Å². The standard InChI is InChI=1S/C16H24N2O5/c1-5-8-17-14(19)6-7-15(20)18-11-9-12(21-2)16(23-4)13(10-11)22-3/h9-10H,5-8H2,1-4H3,(H,17,19)(H,18,20). The summed E-state index contributed by atoms with van der Waals surface area (Å²) in [5.74, 6) is 0.954. The fourth-order valence-corrected chi connectivity index (χ4v) is 1.96. The van der Waals surface area contributed by atoms with Gasteiger partial charge in [0, 0.05) is 37.2 Å². The van der Waals surface area contributed by atoms with Gasteiger partial charge in [0.15, 0.2) is 11.5 Å². The van der Waals surface area contributed by atoms with Crippen LogP contribution in [0.3, 0.4) is 0 Å². The largest absolute Gasteiger partial charge is 0.493 e. The third-order valence-corrected chi connectivity index (χ3v) is 3.10. The quantitative estimate of drug-likeness (QED) is 0.725. The maximum Gasteiger partial charge on any atom is 0.224 e. The van der Waals surface area contributed by atoms with Crippen LogP contribution in [0.5, 0.6) is 17.2 Å². The highest BCUT2D eigenvalue weighted by Crippen LogP contribution is 2.39. The molecule has 1 rings (SSSR count). The third-order valence-electron chi connectivity index (χ3n) is 3.10. The molecule has 1 aromatic rings. The van der Waals surface area contributed by atoms with E-state index in [0.29, 0.717) is 29.5 Å². The van der Waals surface area contributed by atoms with E-state index in [9.17, 15) is 9.59 Å². The van der Waals surface area contributed by atoms with E-state index in [1.54, 1.807) is 12.1 Å². The molecule has 0 aliphatic heterocycles. The molecule has 2 amide bonds. The first kappa shape index (κ1) is 18.6. The van der Waals surface area contributed by atoms with E-state index in [1.165, 1.54) is 21.3 Å². The molecule has 0 saturated carbocycles. The Morgan fingerprint density at radius 2 is 1.52 bits per heavy atom. The number of nitrogens with one attached hydrogen (secondary N) is 2. The molecule has 128 valence electrons. The molecule has 0 aromatic heterocycles. The van der Waals surface area contributed by atoms with Crippen LogP contribution in [0.1, 0.15) is 26.2 Å². The maximum absolute atomic E-state index is 11.9. The van der Waals surface area contributed by atoms with Gasteiger partial charge in [-0.1, -0.05) is 6.92 Å². The minimum Gasteiger partial charge on any atom is -0.493 e. The Hall–Kier alpha value is -2.44. The van der Waals surface area contributed by atoms with Crippen LogP contribution in [-0.2, 0) is 9.59 Å². The summed E-state index contributed by atoms with van der Waals surface area (Å²) in [5, 5.41) is 5.45. The van der Waals surface area contributed by atoms with Crippen molar-refractivity contribution in [2.45, 2.75) is 26.2 Å². The molecule has 0 aliphatic rings. The van der Waals surface area contributed by atoms with E-state index < -0.39 is 0 Å². The van der Waals surface area contributed by atoms with Crippen molar-refractivity contribution >= 4 is 17.5 Å². The first-order valence-electron chi connectivity index (χ1n) is 7.42. The highest BCUT2D eigenvalue weighted by molar-refractivity contribution is 5.93. The molecular weight excluding hydrogens is 300 g/mol. The second-order valence-corrected chi connectivity index (χ2v) is 4.81. The summed E-state index contributed by atoms with van der Waals surface area (Å²) in [5.41, 5.74) is 0.512. The van der Waals surface area contributed by atoms with Crippen LogP contribution in [0, 0.1) is 0 Å². The van der Waals surface area contributed by atoms with Gasteiger partial charge in [0.05, 0.1) is 21.3 Å². The highest BCUT2D eigenvalue weighted by atomic mass is 16.5. The zero-order valence-corrected chi connectivity index (χ0v) is 14.0. The van der Waals surface area contributed by atoms with Crippen LogP contribution in [0.4, 0.5) is 5.69 Å². The van der Waals surface area contributed by atoms with Crippen molar-refractivity contribution in [1.29, 1.82) is 0 Å². The summed E-state index contributed by atoms with van der Waals surface area (Å²) < 4.78 is 15.7. The minimum absolute atomic E-state index is 0.103. The first-order valence-corrected chi connectivity index (χ1v) is 7.42. The van der Waals surface area contributed by atoms with E-state index in [2.05, 4.69) is 10.6 Å². The second kappa shape index (κ2) is 9.55. The third kappa shape index (κ3) is 5.69. The number of methoxy groups -OCH3 is 3. The van der Waals surface area contributed by atoms with Crippen LogP contribution >= 0.6 is 0 Å². The monoisotopic (exact) mass is 324 g/mol. The number of ether oxygens (including phenoxy) is 3. The molecule has 2 N–H and O–H groups in total. The van der Waals surface area contributed by atoms with E-state index in [0.717, 1.165) is 6.42 Å². The number of hydrogen-bond donors (Lipinski definition) is 2. The number of carbonyl (C=O) groups excluding carboxylic acids is 2. The molecule has 0 atom stereocenters. The van der Waals surface area contributed by atoms with Gasteiger partial charge in [-0.05, 0) is 6.42 Å². The number of benzene rings is 1. The summed E-state index contributed by atoms with van der Waals surface area (Å²) >= 11 is 0. The lowest BCUT2D eigenvalue weighted by Crippen LogP contribution is -2.25. The Balaban J connectivity index is 2.69. The van der Waals surface area contributed by atoms with Crippen LogP contribution in [0.15, 0.2) is 12.1 Å². The van der Waals surface area contributed by atoms with Crippen LogP contribution in [0.25, 0.3) is 0 Å². The number of carbonyl (C=O) groups is 2. The predicted octanol–water partition coefficient (Wildman–Crippen LogP) is 1.96. The molecular formula is C16H24N2O5. The van der Waals surface area contributed by atoms with Gasteiger partial charge in [0.1, 0.15) is 0 Å². The lowest BCUT2D eigenvalue weighted by atomic mass is 10.2. The zero-order chi connectivity index (χ0) is 17.2. The van der Waals surface area contributed by atoms with Crippen molar-refractivity contribution in [2.24, 2.45) is 0 Å². The molecule has 7 heteroatoms. The van der Waals surface area contributed by atoms with Gasteiger partial charge < -0.3 is 24.8 Å². The highest BCUT2D eigenvalue weighted by Gasteiger charge is 2.14. The van der Waals surface area contributed by atoms with Crippen molar-refractivity contribution in [2.75, 3.05) is 33.2 Å². The summed E-state index contributed by atoms with van der Waals surface area (Å²) in [6, 6.07) is 3.27. The topological polar surface area (TPSA) is 85.9 Å². The van der Waals surface area contributed by atoms with Gasteiger partial charge in [0.2, 0.25) is 17.6 Å². The van der Waals surface area contributed by atoms with Crippen molar-refractivity contribution < 1.29 is 23.8 Å². The number of hydrogen-bond acceptors (Lipinski definition) is 5. The summed E-state index contributed by atoms with van der Waals surface area (Å²) in [7, 11) is 4.51. The second-order valence-electron chi connectivity index (χ2n) is 4.81. The number of amides is 2. The predicted molar refractivity (Wildman–Crippen MR) is 87.3 cm³/mol. The molecule has 23 heavy (non-hydrogen) atoms. The van der Waals surface area contributed by atoms with Gasteiger partial charge in [-0.15, -0.1) is 0 Å². The lowest BCUT2D eigenvalue weighted by Gasteiger charge is -2.14. The van der Waals surface area contributed by atoms with Crippen molar-refractivity contribution in [3.05, 3.63) is 12.1 Å². The van der Waals surface area contributed by atoms with Crippen molar-refractivity contribution in [3.63, 3.8) is 0 Å². The Labute approximate surface area is 136 Å². The van der Waals surface area contributed by atoms with Gasteiger partial charge in [-0.2, -0.15) is 0 Å². The van der Waals surface area contributed by atoms with E-state index in [-0.39, 0.29) is 24.7 Å².